The Bertz CT molecular complexity index is 979. The first-order chi connectivity index (χ1) is 13.0. The van der Waals surface area contributed by atoms with Gasteiger partial charge in [0.1, 0.15) is 16.3 Å². The molecule has 8 nitrogen and oxygen atoms in total. The molecule has 1 aromatic carbocycles. The number of aromatic nitrogens is 2. The van der Waals surface area contributed by atoms with E-state index >= 15 is 0 Å². The molecule has 0 aliphatic rings. The molecule has 0 spiro atoms. The largest absolute Gasteiger partial charge is 0.461 e. The van der Waals surface area contributed by atoms with Gasteiger partial charge in [0, 0.05) is 10.6 Å². The molecule has 0 saturated heterocycles. The topological polar surface area (TPSA) is 134 Å². The van der Waals surface area contributed by atoms with E-state index < -0.39 is 5.91 Å². The molecule has 0 aliphatic heterocycles. The van der Waals surface area contributed by atoms with Gasteiger partial charge < -0.3 is 26.0 Å². The van der Waals surface area contributed by atoms with E-state index in [1.165, 1.54) is 0 Å². The van der Waals surface area contributed by atoms with Crippen molar-refractivity contribution in [3.05, 3.63) is 34.2 Å². The van der Waals surface area contributed by atoms with Crippen molar-refractivity contribution < 1.29 is 19.4 Å². The van der Waals surface area contributed by atoms with Crippen LogP contribution in [0.1, 0.15) is 9.67 Å². The third-order valence-electron chi connectivity index (χ3n) is 3.58. The van der Waals surface area contributed by atoms with Crippen LogP contribution in [0, 0.1) is 0 Å². The van der Waals surface area contributed by atoms with Crippen LogP contribution in [0.4, 0.5) is 5.69 Å². The number of hydrogen-bond donors (Lipinski definition) is 3. The zero-order valence-electron chi connectivity index (χ0n) is 14.1. The van der Waals surface area contributed by atoms with Crippen LogP contribution in [-0.4, -0.2) is 47.4 Å². The van der Waals surface area contributed by atoms with Gasteiger partial charge in [0.15, 0.2) is 0 Å². The fraction of sp³-hybridized carbons (Fsp3) is 0.235. The lowest BCUT2D eigenvalue weighted by Gasteiger charge is -2.09. The number of primary amides is 1. The van der Waals surface area contributed by atoms with Crippen LogP contribution in [0.5, 0.6) is 6.01 Å². The Balaban J connectivity index is 2.05. The molecule has 10 heteroatoms. The van der Waals surface area contributed by atoms with E-state index in [-0.39, 0.29) is 43.0 Å². The number of thiophene rings is 1. The third kappa shape index (κ3) is 4.28. The first kappa shape index (κ1) is 19.3. The number of nitrogen functional groups attached to an aromatic ring is 1. The number of hydrogen-bond acceptors (Lipinski definition) is 8. The second-order valence-corrected chi connectivity index (χ2v) is 6.87. The van der Waals surface area contributed by atoms with Gasteiger partial charge in [-0.3, -0.25) is 4.79 Å². The van der Waals surface area contributed by atoms with Crippen molar-refractivity contribution in [2.75, 3.05) is 32.2 Å². The van der Waals surface area contributed by atoms with Crippen LogP contribution in [0.3, 0.4) is 0 Å². The Morgan fingerprint density at radius 2 is 2.07 bits per heavy atom. The van der Waals surface area contributed by atoms with E-state index in [0.717, 1.165) is 11.3 Å². The summed E-state index contributed by atoms with van der Waals surface area (Å²) in [7, 11) is 0. The minimum Gasteiger partial charge on any atom is -0.461 e. The summed E-state index contributed by atoms with van der Waals surface area (Å²) in [5.41, 5.74) is 13.0. The summed E-state index contributed by atoms with van der Waals surface area (Å²) in [4.78, 5) is 21.1. The summed E-state index contributed by atoms with van der Waals surface area (Å²) in [6.07, 6.45) is 0. The molecule has 0 bridgehead atoms. The van der Waals surface area contributed by atoms with Gasteiger partial charge in [0.25, 0.3) is 5.91 Å². The number of ether oxygens (including phenoxy) is 2. The highest BCUT2D eigenvalue weighted by atomic mass is 35.5. The van der Waals surface area contributed by atoms with Crippen molar-refractivity contribution >= 4 is 44.7 Å². The summed E-state index contributed by atoms with van der Waals surface area (Å²) in [5, 5.41) is 9.77. The molecule has 0 saturated carbocycles. The van der Waals surface area contributed by atoms with E-state index in [1.807, 2.05) is 6.07 Å². The van der Waals surface area contributed by atoms with Crippen molar-refractivity contribution in [1.29, 1.82) is 0 Å². The van der Waals surface area contributed by atoms with Crippen LogP contribution < -0.4 is 16.2 Å². The van der Waals surface area contributed by atoms with Crippen molar-refractivity contribution in [3.8, 4) is 17.3 Å². The van der Waals surface area contributed by atoms with Crippen LogP contribution in [0.2, 0.25) is 5.02 Å². The first-order valence-corrected chi connectivity index (χ1v) is 9.18. The standard InChI is InChI=1S/C17H17ClN4O4S/c18-10-3-1-2-9(8-10)13-11-12(19)14(15(20)24)27-16(11)22-17(21-13)26-7-6-25-5-4-23/h1-3,8,23H,4-7,19H2,(H2,20,24). The molecule has 27 heavy (non-hydrogen) atoms. The second kappa shape index (κ2) is 8.49. The van der Waals surface area contributed by atoms with Gasteiger partial charge in [-0.25, -0.2) is 0 Å². The molecule has 5 N–H and O–H groups in total. The van der Waals surface area contributed by atoms with Crippen LogP contribution in [-0.2, 0) is 4.74 Å². The summed E-state index contributed by atoms with van der Waals surface area (Å²) in [5.74, 6) is -0.632. The highest BCUT2D eigenvalue weighted by Crippen LogP contribution is 2.39. The van der Waals surface area contributed by atoms with Gasteiger partial charge in [-0.2, -0.15) is 9.97 Å². The Morgan fingerprint density at radius 3 is 2.78 bits per heavy atom. The number of nitrogens with two attached hydrogens (primary N) is 2. The lowest BCUT2D eigenvalue weighted by atomic mass is 10.1. The maximum atomic E-state index is 11.7. The highest BCUT2D eigenvalue weighted by molar-refractivity contribution is 7.21. The number of aliphatic hydroxyl groups is 1. The van der Waals surface area contributed by atoms with Gasteiger partial charge in [0.2, 0.25) is 0 Å². The Kier molecular flexibility index (Phi) is 6.07. The lowest BCUT2D eigenvalue weighted by molar-refractivity contribution is 0.0685. The molecular weight excluding hydrogens is 392 g/mol. The summed E-state index contributed by atoms with van der Waals surface area (Å²) in [6, 6.07) is 7.20. The average molecular weight is 409 g/mol. The van der Waals surface area contributed by atoms with E-state index in [1.54, 1.807) is 18.2 Å². The maximum absolute atomic E-state index is 11.7. The summed E-state index contributed by atoms with van der Waals surface area (Å²) < 4.78 is 10.7. The first-order valence-electron chi connectivity index (χ1n) is 7.98. The minimum atomic E-state index is -0.632. The Labute approximate surface area is 163 Å². The number of anilines is 1. The monoisotopic (exact) mass is 408 g/mol. The summed E-state index contributed by atoms with van der Waals surface area (Å²) in [6.45, 7) is 0.629. The van der Waals surface area contributed by atoms with Gasteiger partial charge in [-0.1, -0.05) is 23.7 Å². The fourth-order valence-electron chi connectivity index (χ4n) is 2.45. The molecule has 2 heterocycles. The number of carbonyl (C=O) groups is 1. The quantitative estimate of drug-likeness (QED) is 0.486. The van der Waals surface area contributed by atoms with E-state index in [4.69, 9.17) is 37.6 Å². The normalized spacial score (nSPS) is 11.0. The molecule has 0 aliphatic carbocycles. The zero-order chi connectivity index (χ0) is 19.4. The lowest BCUT2D eigenvalue weighted by Crippen LogP contribution is -2.11. The van der Waals surface area contributed by atoms with E-state index in [0.29, 0.717) is 26.5 Å². The van der Waals surface area contributed by atoms with E-state index in [2.05, 4.69) is 9.97 Å². The Hall–Kier alpha value is -2.46. The van der Waals surface area contributed by atoms with Crippen LogP contribution in [0.25, 0.3) is 21.5 Å². The molecule has 142 valence electrons. The van der Waals surface area contributed by atoms with Crippen LogP contribution >= 0.6 is 22.9 Å². The number of rotatable bonds is 8. The molecule has 0 unspecified atom stereocenters. The SMILES string of the molecule is NC(=O)c1sc2nc(OCCOCCO)nc(-c3cccc(Cl)c3)c2c1N. The second-order valence-electron chi connectivity index (χ2n) is 5.44. The predicted octanol–water partition coefficient (Wildman–Crippen LogP) is 2.08. The number of carbonyl (C=O) groups excluding carboxylic acids is 1. The molecule has 3 aromatic rings. The van der Waals surface area contributed by atoms with Crippen molar-refractivity contribution in [2.24, 2.45) is 5.73 Å². The Morgan fingerprint density at radius 1 is 1.26 bits per heavy atom. The van der Waals surface area contributed by atoms with Crippen molar-refractivity contribution in [2.45, 2.75) is 0 Å². The number of benzene rings is 1. The summed E-state index contributed by atoms with van der Waals surface area (Å²) >= 11 is 7.18. The van der Waals surface area contributed by atoms with Gasteiger partial charge >= 0.3 is 6.01 Å². The predicted molar refractivity (Wildman–Crippen MR) is 104 cm³/mol. The minimum absolute atomic E-state index is 0.0637. The molecule has 1 amide bonds. The smallest absolute Gasteiger partial charge is 0.318 e. The highest BCUT2D eigenvalue weighted by Gasteiger charge is 2.21. The molecular formula is C17H17ClN4O4S. The number of fused-ring (bicyclic) bond motifs is 1. The van der Waals surface area contributed by atoms with E-state index in [9.17, 15) is 4.79 Å². The maximum Gasteiger partial charge on any atom is 0.318 e. The van der Waals surface area contributed by atoms with Crippen LogP contribution in [0.15, 0.2) is 24.3 Å². The fourth-order valence-corrected chi connectivity index (χ4v) is 3.58. The van der Waals surface area contributed by atoms with Crippen molar-refractivity contribution in [1.82, 2.24) is 9.97 Å². The number of aliphatic hydroxyl groups excluding tert-OH is 1. The average Bonchev–Trinajstić information content (AvgIpc) is 2.98. The van der Waals surface area contributed by atoms with Gasteiger partial charge in [0.05, 0.1) is 36.6 Å². The third-order valence-corrected chi connectivity index (χ3v) is 4.93. The number of amides is 1. The molecule has 3 rings (SSSR count). The number of nitrogens with zero attached hydrogens (tertiary/aromatic N) is 2. The molecule has 0 fully saturated rings. The zero-order valence-corrected chi connectivity index (χ0v) is 15.7. The molecule has 2 aromatic heterocycles. The molecule has 0 radical (unpaired) electrons. The molecule has 0 atom stereocenters. The van der Waals surface area contributed by atoms with Crippen molar-refractivity contribution in [3.63, 3.8) is 0 Å². The number of halogens is 1. The van der Waals surface area contributed by atoms with Gasteiger partial charge in [-0.15, -0.1) is 11.3 Å². The van der Waals surface area contributed by atoms with Gasteiger partial charge in [-0.05, 0) is 12.1 Å².